The summed E-state index contributed by atoms with van der Waals surface area (Å²) in [6, 6.07) is 4.84. The van der Waals surface area contributed by atoms with E-state index in [1.165, 1.54) is 10.5 Å². The van der Waals surface area contributed by atoms with Gasteiger partial charge in [-0.3, -0.25) is 0 Å². The molecule has 1 N–H and O–H groups in total. The van der Waals surface area contributed by atoms with E-state index in [0.29, 0.717) is 6.04 Å². The molecule has 1 rings (SSSR count). The van der Waals surface area contributed by atoms with Crippen molar-refractivity contribution in [2.45, 2.75) is 33.2 Å². The molecule has 0 amide bonds. The first-order chi connectivity index (χ1) is 6.74. The van der Waals surface area contributed by atoms with Gasteiger partial charge in [-0.2, -0.15) is 0 Å². The van der Waals surface area contributed by atoms with Gasteiger partial charge in [-0.05, 0) is 31.7 Å². The van der Waals surface area contributed by atoms with Crippen molar-refractivity contribution in [1.82, 2.24) is 5.32 Å². The lowest BCUT2D eigenvalue weighted by molar-refractivity contribution is 0.559. The summed E-state index contributed by atoms with van der Waals surface area (Å²) in [6.07, 6.45) is 3.38. The van der Waals surface area contributed by atoms with Gasteiger partial charge in [-0.25, -0.2) is 0 Å². The zero-order valence-corrected chi connectivity index (χ0v) is 10.0. The average Bonchev–Trinajstić information content (AvgIpc) is 2.64. The maximum absolute atomic E-state index is 3.54. The van der Waals surface area contributed by atoms with E-state index in [1.807, 2.05) is 11.3 Å². The quantitative estimate of drug-likeness (QED) is 0.728. The van der Waals surface area contributed by atoms with Crippen LogP contribution in [0.2, 0.25) is 0 Å². The van der Waals surface area contributed by atoms with Gasteiger partial charge >= 0.3 is 0 Å². The maximum Gasteiger partial charge on any atom is 0.0414 e. The highest BCUT2D eigenvalue weighted by Gasteiger charge is 2.07. The summed E-state index contributed by atoms with van der Waals surface area (Å²) in [4.78, 5) is 1.44. The van der Waals surface area contributed by atoms with E-state index >= 15 is 0 Å². The summed E-state index contributed by atoms with van der Waals surface area (Å²) in [5.41, 5.74) is 1.37. The fourth-order valence-corrected chi connectivity index (χ4v) is 2.23. The minimum Gasteiger partial charge on any atom is -0.306 e. The van der Waals surface area contributed by atoms with Crippen LogP contribution in [0.4, 0.5) is 0 Å². The first-order valence-corrected chi connectivity index (χ1v) is 6.02. The molecule has 0 aliphatic heterocycles. The van der Waals surface area contributed by atoms with Crippen LogP contribution in [0.25, 0.3) is 0 Å². The van der Waals surface area contributed by atoms with Gasteiger partial charge < -0.3 is 5.32 Å². The summed E-state index contributed by atoms with van der Waals surface area (Å²) in [6.45, 7) is 7.46. The molecule has 1 nitrogen and oxygen atoms in total. The SMILES string of the molecule is CCC(NCC=C(C)C)c1cccs1. The molecule has 1 aromatic heterocycles. The lowest BCUT2D eigenvalue weighted by Crippen LogP contribution is -2.19. The Kier molecular flexibility index (Phi) is 4.91. The largest absolute Gasteiger partial charge is 0.306 e. The molecule has 0 fully saturated rings. The molecular weight excluding hydrogens is 190 g/mol. The van der Waals surface area contributed by atoms with E-state index in [1.54, 1.807) is 0 Å². The number of allylic oxidation sites excluding steroid dienone is 1. The molecule has 0 spiro atoms. The van der Waals surface area contributed by atoms with Crippen molar-refractivity contribution in [1.29, 1.82) is 0 Å². The molecule has 2 heteroatoms. The normalized spacial score (nSPS) is 12.5. The van der Waals surface area contributed by atoms with Crippen LogP contribution in [0.3, 0.4) is 0 Å². The summed E-state index contributed by atoms with van der Waals surface area (Å²) in [5, 5.41) is 5.68. The minimum atomic E-state index is 0.519. The van der Waals surface area contributed by atoms with E-state index in [9.17, 15) is 0 Å². The molecule has 78 valence electrons. The zero-order chi connectivity index (χ0) is 10.4. The summed E-state index contributed by atoms with van der Waals surface area (Å²) >= 11 is 1.83. The molecule has 0 aliphatic carbocycles. The van der Waals surface area contributed by atoms with Crippen LogP contribution in [0.5, 0.6) is 0 Å². The van der Waals surface area contributed by atoms with Crippen LogP contribution >= 0.6 is 11.3 Å². The van der Waals surface area contributed by atoms with E-state index in [2.05, 4.69) is 49.7 Å². The molecule has 1 heterocycles. The molecule has 0 aromatic carbocycles. The van der Waals surface area contributed by atoms with Gasteiger partial charge in [0.05, 0.1) is 0 Å². The van der Waals surface area contributed by atoms with Crippen LogP contribution in [0, 0.1) is 0 Å². The Morgan fingerprint density at radius 1 is 1.57 bits per heavy atom. The topological polar surface area (TPSA) is 12.0 Å². The number of thiophene rings is 1. The lowest BCUT2D eigenvalue weighted by Gasteiger charge is -2.13. The first kappa shape index (κ1) is 11.5. The predicted molar refractivity (Wildman–Crippen MR) is 64.8 cm³/mol. The lowest BCUT2D eigenvalue weighted by atomic mass is 10.2. The standard InChI is InChI=1S/C12H19NS/c1-4-11(12-6-5-9-14-12)13-8-7-10(2)3/h5-7,9,11,13H,4,8H2,1-3H3. The molecule has 1 aromatic rings. The Balaban J connectivity index is 2.44. The molecule has 0 radical (unpaired) electrons. The molecule has 14 heavy (non-hydrogen) atoms. The highest BCUT2D eigenvalue weighted by Crippen LogP contribution is 2.21. The van der Waals surface area contributed by atoms with Crippen LogP contribution in [-0.2, 0) is 0 Å². The van der Waals surface area contributed by atoms with Crippen molar-refractivity contribution in [2.75, 3.05) is 6.54 Å². The minimum absolute atomic E-state index is 0.519. The Morgan fingerprint density at radius 2 is 2.36 bits per heavy atom. The Bertz CT molecular complexity index is 271. The summed E-state index contributed by atoms with van der Waals surface area (Å²) in [7, 11) is 0. The Hall–Kier alpha value is -0.600. The number of nitrogens with one attached hydrogen (secondary N) is 1. The van der Waals surface area contributed by atoms with Gasteiger partial charge in [0.15, 0.2) is 0 Å². The smallest absolute Gasteiger partial charge is 0.0414 e. The van der Waals surface area contributed by atoms with Crippen molar-refractivity contribution < 1.29 is 0 Å². The summed E-state index contributed by atoms with van der Waals surface area (Å²) in [5.74, 6) is 0. The molecule has 1 unspecified atom stereocenters. The average molecular weight is 209 g/mol. The van der Waals surface area contributed by atoms with Crippen molar-refractivity contribution >= 4 is 11.3 Å². The second-order valence-electron chi connectivity index (χ2n) is 3.67. The van der Waals surface area contributed by atoms with Crippen molar-refractivity contribution in [2.24, 2.45) is 0 Å². The number of hydrogen-bond donors (Lipinski definition) is 1. The Labute approximate surface area is 90.9 Å². The molecule has 0 bridgehead atoms. The van der Waals surface area contributed by atoms with Crippen molar-refractivity contribution in [3.63, 3.8) is 0 Å². The van der Waals surface area contributed by atoms with Crippen LogP contribution in [0.1, 0.15) is 38.1 Å². The monoisotopic (exact) mass is 209 g/mol. The predicted octanol–water partition coefficient (Wildman–Crippen LogP) is 3.76. The fourth-order valence-electron chi connectivity index (χ4n) is 1.34. The van der Waals surface area contributed by atoms with Gasteiger partial charge in [0, 0.05) is 17.5 Å². The molecule has 1 atom stereocenters. The van der Waals surface area contributed by atoms with E-state index in [0.717, 1.165) is 13.0 Å². The molecule has 0 saturated heterocycles. The van der Waals surface area contributed by atoms with Crippen molar-refractivity contribution in [3.05, 3.63) is 34.0 Å². The first-order valence-electron chi connectivity index (χ1n) is 5.14. The highest BCUT2D eigenvalue weighted by molar-refractivity contribution is 7.10. The van der Waals surface area contributed by atoms with Crippen molar-refractivity contribution in [3.8, 4) is 0 Å². The van der Waals surface area contributed by atoms with Crippen LogP contribution < -0.4 is 5.32 Å². The number of rotatable bonds is 5. The van der Waals surface area contributed by atoms with Gasteiger partial charge in [0.25, 0.3) is 0 Å². The third kappa shape index (κ3) is 3.64. The zero-order valence-electron chi connectivity index (χ0n) is 9.21. The van der Waals surface area contributed by atoms with Gasteiger partial charge in [-0.1, -0.05) is 24.6 Å². The second-order valence-corrected chi connectivity index (χ2v) is 4.65. The second kappa shape index (κ2) is 5.99. The summed E-state index contributed by atoms with van der Waals surface area (Å²) < 4.78 is 0. The van der Waals surface area contributed by atoms with E-state index in [-0.39, 0.29) is 0 Å². The van der Waals surface area contributed by atoms with Crippen LogP contribution in [-0.4, -0.2) is 6.54 Å². The fraction of sp³-hybridized carbons (Fsp3) is 0.500. The number of hydrogen-bond acceptors (Lipinski definition) is 2. The molecular formula is C12H19NS. The van der Waals surface area contributed by atoms with E-state index < -0.39 is 0 Å². The van der Waals surface area contributed by atoms with E-state index in [4.69, 9.17) is 0 Å². The van der Waals surface area contributed by atoms with Gasteiger partial charge in [-0.15, -0.1) is 11.3 Å². The third-order valence-electron chi connectivity index (χ3n) is 2.17. The Morgan fingerprint density at radius 3 is 2.86 bits per heavy atom. The van der Waals surface area contributed by atoms with Gasteiger partial charge in [0.2, 0.25) is 0 Å². The van der Waals surface area contributed by atoms with Crippen LogP contribution in [0.15, 0.2) is 29.2 Å². The molecule has 0 aliphatic rings. The highest BCUT2D eigenvalue weighted by atomic mass is 32.1. The third-order valence-corrected chi connectivity index (χ3v) is 3.16. The van der Waals surface area contributed by atoms with Gasteiger partial charge in [0.1, 0.15) is 0 Å². The molecule has 0 saturated carbocycles. The maximum atomic E-state index is 3.54.